The lowest BCUT2D eigenvalue weighted by Crippen LogP contribution is -2.50. The van der Waals surface area contributed by atoms with Gasteiger partial charge in [-0.25, -0.2) is 9.59 Å². The molecule has 214 valence electrons. The molecule has 0 aliphatic carbocycles. The normalized spacial score (nSPS) is 13.3. The van der Waals surface area contributed by atoms with Crippen molar-refractivity contribution in [3.05, 3.63) is 104 Å². The smallest absolute Gasteiger partial charge is 0.328 e. The van der Waals surface area contributed by atoms with E-state index >= 15 is 0 Å². The monoisotopic (exact) mass is 616 g/mol. The van der Waals surface area contributed by atoms with Crippen LogP contribution in [0.2, 0.25) is 15.1 Å². The van der Waals surface area contributed by atoms with Crippen LogP contribution in [0.4, 0.5) is 4.79 Å². The summed E-state index contributed by atoms with van der Waals surface area (Å²) in [4.78, 5) is 53.8. The molecule has 3 aromatic carbocycles. The number of hydrogen-bond acceptors (Lipinski definition) is 4. The van der Waals surface area contributed by atoms with Crippen molar-refractivity contribution in [2.75, 3.05) is 20.1 Å². The average molecular weight is 618 g/mol. The van der Waals surface area contributed by atoms with Gasteiger partial charge in [0, 0.05) is 37.3 Å². The van der Waals surface area contributed by atoms with E-state index in [1.54, 1.807) is 30.1 Å². The van der Waals surface area contributed by atoms with Crippen LogP contribution in [0.3, 0.4) is 0 Å². The zero-order valence-corrected chi connectivity index (χ0v) is 24.3. The van der Waals surface area contributed by atoms with Gasteiger partial charge in [-0.15, -0.1) is 0 Å². The summed E-state index contributed by atoms with van der Waals surface area (Å²) >= 11 is 19.0. The molecule has 0 bridgehead atoms. The van der Waals surface area contributed by atoms with Crippen molar-refractivity contribution in [2.24, 2.45) is 0 Å². The molecule has 12 heteroatoms. The van der Waals surface area contributed by atoms with Crippen LogP contribution in [-0.4, -0.2) is 64.9 Å². The topological polar surface area (TPSA) is 119 Å². The highest BCUT2D eigenvalue weighted by molar-refractivity contribution is 6.41. The van der Waals surface area contributed by atoms with Crippen molar-refractivity contribution < 1.29 is 24.3 Å². The summed E-state index contributed by atoms with van der Waals surface area (Å²) < 4.78 is 0. The predicted molar refractivity (Wildman–Crippen MR) is 157 cm³/mol. The van der Waals surface area contributed by atoms with Crippen LogP contribution in [0.15, 0.2) is 60.7 Å². The van der Waals surface area contributed by atoms with Gasteiger partial charge < -0.3 is 25.5 Å². The van der Waals surface area contributed by atoms with Crippen LogP contribution in [0.25, 0.3) is 0 Å². The van der Waals surface area contributed by atoms with Gasteiger partial charge in [-0.05, 0) is 41.3 Å². The van der Waals surface area contributed by atoms with Gasteiger partial charge in [0.15, 0.2) is 0 Å². The van der Waals surface area contributed by atoms with E-state index in [-0.39, 0.29) is 33.6 Å². The second-order valence-corrected chi connectivity index (χ2v) is 10.8. The molecule has 0 unspecified atom stereocenters. The van der Waals surface area contributed by atoms with Crippen LogP contribution in [0.5, 0.6) is 0 Å². The third-order valence-corrected chi connectivity index (χ3v) is 7.58. The molecule has 9 nitrogen and oxygen atoms in total. The Hall–Kier alpha value is -3.79. The summed E-state index contributed by atoms with van der Waals surface area (Å²) in [5.74, 6) is -2.50. The van der Waals surface area contributed by atoms with E-state index in [2.05, 4.69) is 10.6 Å². The minimum absolute atomic E-state index is 0.0171. The van der Waals surface area contributed by atoms with Gasteiger partial charge in [0.25, 0.3) is 11.8 Å². The van der Waals surface area contributed by atoms with Crippen molar-refractivity contribution in [3.8, 4) is 0 Å². The third-order valence-electron chi connectivity index (χ3n) is 6.63. The van der Waals surface area contributed by atoms with E-state index < -0.39 is 23.9 Å². The molecule has 0 aromatic heterocycles. The van der Waals surface area contributed by atoms with Crippen molar-refractivity contribution >= 4 is 58.6 Å². The standard InChI is InChI=1S/C29H27Cl3N4O5/c1-35(15-17-6-3-2-4-7-17)29(41)33-14-23(28(39)40)34-26(37)24-22(31)13-21-20(25(24)32)10-11-36(27(21)38)16-18-8-5-9-19(30)12-18/h2-9,12-13,23H,10-11,14-16H2,1H3,(H,33,41)(H,34,37)(H,39,40)/t23-/m0/s1. The molecule has 0 spiro atoms. The number of hydrogen-bond donors (Lipinski definition) is 3. The highest BCUT2D eigenvalue weighted by atomic mass is 35.5. The Morgan fingerprint density at radius 1 is 1.02 bits per heavy atom. The molecule has 0 radical (unpaired) electrons. The number of fused-ring (bicyclic) bond motifs is 1. The molecule has 4 rings (SSSR count). The fourth-order valence-electron chi connectivity index (χ4n) is 4.51. The maximum atomic E-state index is 13.2. The highest BCUT2D eigenvalue weighted by Crippen LogP contribution is 2.35. The largest absolute Gasteiger partial charge is 0.480 e. The molecular weight excluding hydrogens is 591 g/mol. The molecule has 1 atom stereocenters. The molecule has 0 fully saturated rings. The van der Waals surface area contributed by atoms with E-state index in [1.807, 2.05) is 36.4 Å². The maximum absolute atomic E-state index is 13.2. The number of halogens is 3. The van der Waals surface area contributed by atoms with E-state index in [1.165, 1.54) is 11.0 Å². The Labute approximate surface area is 252 Å². The van der Waals surface area contributed by atoms with Crippen LogP contribution < -0.4 is 10.6 Å². The zero-order chi connectivity index (χ0) is 29.7. The first-order chi connectivity index (χ1) is 19.5. The quantitative estimate of drug-likeness (QED) is 0.317. The lowest BCUT2D eigenvalue weighted by Gasteiger charge is -2.30. The van der Waals surface area contributed by atoms with E-state index in [0.29, 0.717) is 36.6 Å². The summed E-state index contributed by atoms with van der Waals surface area (Å²) in [7, 11) is 1.57. The summed E-state index contributed by atoms with van der Waals surface area (Å²) in [6.07, 6.45) is 0.365. The highest BCUT2D eigenvalue weighted by Gasteiger charge is 2.32. The second kappa shape index (κ2) is 13.2. The fraction of sp³-hybridized carbons (Fsp3) is 0.241. The molecule has 41 heavy (non-hydrogen) atoms. The van der Waals surface area contributed by atoms with Gasteiger partial charge in [-0.2, -0.15) is 0 Å². The molecule has 4 amide bonds. The van der Waals surface area contributed by atoms with Crippen molar-refractivity contribution in [3.63, 3.8) is 0 Å². The van der Waals surface area contributed by atoms with Gasteiger partial charge in [0.1, 0.15) is 6.04 Å². The number of nitrogens with one attached hydrogen (secondary N) is 2. The minimum atomic E-state index is -1.46. The molecule has 1 aliphatic rings. The predicted octanol–water partition coefficient (Wildman–Crippen LogP) is 4.87. The van der Waals surface area contributed by atoms with Gasteiger partial charge in [-0.3, -0.25) is 9.59 Å². The lowest BCUT2D eigenvalue weighted by atomic mass is 9.95. The van der Waals surface area contributed by atoms with Gasteiger partial charge in [0.2, 0.25) is 0 Å². The molecule has 1 aliphatic heterocycles. The number of carbonyl (C=O) groups is 4. The van der Waals surface area contributed by atoms with Crippen LogP contribution in [-0.2, 0) is 24.3 Å². The first-order valence-electron chi connectivity index (χ1n) is 12.7. The van der Waals surface area contributed by atoms with Crippen LogP contribution >= 0.6 is 34.8 Å². The minimum Gasteiger partial charge on any atom is -0.480 e. The average Bonchev–Trinajstić information content (AvgIpc) is 2.93. The first-order valence-corrected chi connectivity index (χ1v) is 13.8. The zero-order valence-electron chi connectivity index (χ0n) is 22.0. The maximum Gasteiger partial charge on any atom is 0.328 e. The Morgan fingerprint density at radius 2 is 1.73 bits per heavy atom. The summed E-state index contributed by atoms with van der Waals surface area (Å²) in [6.45, 7) is 0.617. The van der Waals surface area contributed by atoms with Crippen molar-refractivity contribution in [2.45, 2.75) is 25.6 Å². The number of carbonyl (C=O) groups excluding carboxylic acids is 3. The first kappa shape index (κ1) is 30.2. The summed E-state index contributed by atoms with van der Waals surface area (Å²) in [6, 6.07) is 15.9. The number of amides is 4. The summed E-state index contributed by atoms with van der Waals surface area (Å²) in [5.41, 5.74) is 2.35. The Morgan fingerprint density at radius 3 is 2.41 bits per heavy atom. The van der Waals surface area contributed by atoms with Crippen LogP contribution in [0, 0.1) is 0 Å². The molecule has 1 heterocycles. The van der Waals surface area contributed by atoms with Gasteiger partial charge in [0.05, 0.1) is 22.2 Å². The molecule has 0 saturated heterocycles. The number of rotatable bonds is 9. The second-order valence-electron chi connectivity index (χ2n) is 9.57. The molecule has 0 saturated carbocycles. The molecule has 3 aromatic rings. The Balaban J connectivity index is 1.44. The number of carboxylic acid groups (broad SMARTS) is 1. The Bertz CT molecular complexity index is 1480. The summed E-state index contributed by atoms with van der Waals surface area (Å²) in [5, 5.41) is 15.0. The van der Waals surface area contributed by atoms with E-state index in [9.17, 15) is 24.3 Å². The number of carboxylic acids is 1. The van der Waals surface area contributed by atoms with E-state index in [0.717, 1.165) is 11.1 Å². The van der Waals surface area contributed by atoms with E-state index in [4.69, 9.17) is 34.8 Å². The lowest BCUT2D eigenvalue weighted by molar-refractivity contribution is -0.139. The van der Waals surface area contributed by atoms with Gasteiger partial charge in [-0.1, -0.05) is 77.3 Å². The van der Waals surface area contributed by atoms with Crippen molar-refractivity contribution in [1.82, 2.24) is 20.4 Å². The number of urea groups is 1. The number of aliphatic carboxylic acids is 1. The fourth-order valence-corrected chi connectivity index (χ4v) is 5.45. The molecular formula is C29H27Cl3N4O5. The Kier molecular flexibility index (Phi) is 9.75. The van der Waals surface area contributed by atoms with Crippen molar-refractivity contribution in [1.29, 1.82) is 0 Å². The SMILES string of the molecule is CN(Cc1ccccc1)C(=O)NC[C@H](NC(=O)c1c(Cl)cc2c(c1Cl)CCN(Cc1cccc(Cl)c1)C2=O)C(=O)O. The number of benzene rings is 3. The molecule has 3 N–H and O–H groups in total. The van der Waals surface area contributed by atoms with Gasteiger partial charge >= 0.3 is 12.0 Å². The van der Waals surface area contributed by atoms with Crippen LogP contribution in [0.1, 0.15) is 37.4 Å². The number of nitrogens with zero attached hydrogens (tertiary/aromatic N) is 2. The third kappa shape index (κ3) is 7.30.